The van der Waals surface area contributed by atoms with E-state index in [1.807, 2.05) is 72.8 Å². The summed E-state index contributed by atoms with van der Waals surface area (Å²) >= 11 is 0. The molecule has 32 heavy (non-hydrogen) atoms. The van der Waals surface area contributed by atoms with Crippen molar-refractivity contribution in [1.82, 2.24) is 4.98 Å². The molecule has 3 aromatic carbocycles. The quantitative estimate of drug-likeness (QED) is 0.368. The van der Waals surface area contributed by atoms with Gasteiger partial charge in [0.2, 0.25) is 0 Å². The standard InChI is InChI=1S/C27H23NO4/c1-3-31-26(29)23-16-24(22-14-13-20-11-7-8-12-21(20)15-22)28-18(2)25(23)27(30)32-17-19-9-5-4-6-10-19/h4-16H,3,17H2,1-2H3. The maximum atomic E-state index is 12.9. The van der Waals surface area contributed by atoms with Gasteiger partial charge in [0.15, 0.2) is 0 Å². The molecule has 0 saturated carbocycles. The summed E-state index contributed by atoms with van der Waals surface area (Å²) in [5.41, 5.74) is 3.00. The molecule has 1 heterocycles. The van der Waals surface area contributed by atoms with Gasteiger partial charge in [0.25, 0.3) is 0 Å². The highest BCUT2D eigenvalue weighted by molar-refractivity contribution is 6.04. The Hall–Kier alpha value is -3.99. The fourth-order valence-corrected chi connectivity index (χ4v) is 3.59. The van der Waals surface area contributed by atoms with Crippen molar-refractivity contribution in [3.63, 3.8) is 0 Å². The minimum atomic E-state index is -0.605. The maximum absolute atomic E-state index is 12.9. The van der Waals surface area contributed by atoms with Crippen LogP contribution in [0.3, 0.4) is 0 Å². The van der Waals surface area contributed by atoms with Crippen LogP contribution >= 0.6 is 0 Å². The molecule has 0 radical (unpaired) electrons. The van der Waals surface area contributed by atoms with Gasteiger partial charge < -0.3 is 9.47 Å². The first-order valence-corrected chi connectivity index (χ1v) is 10.5. The molecule has 0 saturated heterocycles. The molecule has 1 aromatic heterocycles. The van der Waals surface area contributed by atoms with E-state index in [0.717, 1.165) is 21.9 Å². The van der Waals surface area contributed by atoms with Crippen LogP contribution in [0.2, 0.25) is 0 Å². The van der Waals surface area contributed by atoms with Gasteiger partial charge in [0, 0.05) is 5.56 Å². The number of hydrogen-bond donors (Lipinski definition) is 0. The number of aryl methyl sites for hydroxylation is 1. The maximum Gasteiger partial charge on any atom is 0.341 e. The van der Waals surface area contributed by atoms with Gasteiger partial charge in [-0.2, -0.15) is 0 Å². The molecule has 160 valence electrons. The van der Waals surface area contributed by atoms with Gasteiger partial charge in [-0.1, -0.05) is 66.7 Å². The van der Waals surface area contributed by atoms with E-state index in [1.54, 1.807) is 19.9 Å². The van der Waals surface area contributed by atoms with Crippen molar-refractivity contribution >= 4 is 22.7 Å². The Balaban J connectivity index is 1.72. The summed E-state index contributed by atoms with van der Waals surface area (Å²) in [5, 5.41) is 2.17. The molecule has 0 aliphatic rings. The lowest BCUT2D eigenvalue weighted by Crippen LogP contribution is -2.17. The number of carbonyl (C=O) groups is 2. The second-order valence-electron chi connectivity index (χ2n) is 7.36. The Kier molecular flexibility index (Phi) is 6.26. The third kappa shape index (κ3) is 4.52. The first-order chi connectivity index (χ1) is 15.6. The van der Waals surface area contributed by atoms with E-state index >= 15 is 0 Å². The number of nitrogens with zero attached hydrogens (tertiary/aromatic N) is 1. The zero-order valence-electron chi connectivity index (χ0n) is 18.0. The van der Waals surface area contributed by atoms with Crippen LogP contribution in [0.25, 0.3) is 22.0 Å². The predicted molar refractivity (Wildman–Crippen MR) is 123 cm³/mol. The molecule has 5 heteroatoms. The van der Waals surface area contributed by atoms with E-state index < -0.39 is 11.9 Å². The molecule has 0 fully saturated rings. The van der Waals surface area contributed by atoms with Crippen molar-refractivity contribution in [2.75, 3.05) is 6.61 Å². The highest BCUT2D eigenvalue weighted by Crippen LogP contribution is 2.27. The molecule has 4 aromatic rings. The van der Waals surface area contributed by atoms with Crippen LogP contribution in [-0.2, 0) is 16.1 Å². The average molecular weight is 425 g/mol. The van der Waals surface area contributed by atoms with Gasteiger partial charge in [-0.15, -0.1) is 0 Å². The SMILES string of the molecule is CCOC(=O)c1cc(-c2ccc3ccccc3c2)nc(C)c1C(=O)OCc1ccccc1. The summed E-state index contributed by atoms with van der Waals surface area (Å²) in [6, 6.07) is 25.0. The fourth-order valence-electron chi connectivity index (χ4n) is 3.59. The third-order valence-corrected chi connectivity index (χ3v) is 5.16. The van der Waals surface area contributed by atoms with Gasteiger partial charge >= 0.3 is 11.9 Å². The van der Waals surface area contributed by atoms with Crippen LogP contribution in [0.4, 0.5) is 0 Å². The topological polar surface area (TPSA) is 65.5 Å². The number of esters is 2. The van der Waals surface area contributed by atoms with Crippen LogP contribution in [0, 0.1) is 6.92 Å². The molecule has 0 aliphatic heterocycles. The molecule has 4 rings (SSSR count). The molecule has 0 bridgehead atoms. The summed E-state index contributed by atoms with van der Waals surface area (Å²) in [4.78, 5) is 30.3. The molecule has 0 spiro atoms. The monoisotopic (exact) mass is 425 g/mol. The average Bonchev–Trinajstić information content (AvgIpc) is 2.82. The van der Waals surface area contributed by atoms with E-state index in [2.05, 4.69) is 4.98 Å². The number of fused-ring (bicyclic) bond motifs is 1. The minimum absolute atomic E-state index is 0.105. The van der Waals surface area contributed by atoms with Gasteiger partial charge in [-0.05, 0) is 42.3 Å². The molecule has 0 atom stereocenters. The Bertz CT molecular complexity index is 1280. The summed E-state index contributed by atoms with van der Waals surface area (Å²) in [5.74, 6) is -1.18. The summed E-state index contributed by atoms with van der Waals surface area (Å²) < 4.78 is 10.7. The van der Waals surface area contributed by atoms with E-state index in [-0.39, 0.29) is 24.3 Å². The van der Waals surface area contributed by atoms with Crippen molar-refractivity contribution in [2.24, 2.45) is 0 Å². The van der Waals surface area contributed by atoms with Crippen molar-refractivity contribution in [3.8, 4) is 11.3 Å². The predicted octanol–water partition coefficient (Wildman–Crippen LogP) is 5.74. The Labute approximate surface area is 186 Å². The second-order valence-corrected chi connectivity index (χ2v) is 7.36. The lowest BCUT2D eigenvalue weighted by atomic mass is 10.00. The molecule has 5 nitrogen and oxygen atoms in total. The smallest absolute Gasteiger partial charge is 0.341 e. The largest absolute Gasteiger partial charge is 0.462 e. The minimum Gasteiger partial charge on any atom is -0.462 e. The van der Waals surface area contributed by atoms with Crippen molar-refractivity contribution in [2.45, 2.75) is 20.5 Å². The van der Waals surface area contributed by atoms with E-state index in [1.165, 1.54) is 0 Å². The first kappa shape index (κ1) is 21.2. The number of carbonyl (C=O) groups excluding carboxylic acids is 2. The zero-order valence-corrected chi connectivity index (χ0v) is 18.0. The summed E-state index contributed by atoms with van der Waals surface area (Å²) in [7, 11) is 0. The first-order valence-electron chi connectivity index (χ1n) is 10.5. The molecule has 0 aliphatic carbocycles. The normalized spacial score (nSPS) is 10.7. The second kappa shape index (κ2) is 9.43. The van der Waals surface area contributed by atoms with Crippen LogP contribution in [0.5, 0.6) is 0 Å². The Morgan fingerprint density at radius 1 is 0.812 bits per heavy atom. The molecular formula is C27H23NO4. The fraction of sp³-hybridized carbons (Fsp3) is 0.148. The Morgan fingerprint density at radius 2 is 1.53 bits per heavy atom. The lowest BCUT2D eigenvalue weighted by Gasteiger charge is -2.14. The highest BCUT2D eigenvalue weighted by Gasteiger charge is 2.24. The van der Waals surface area contributed by atoms with Crippen LogP contribution in [0.15, 0.2) is 78.9 Å². The summed E-state index contributed by atoms with van der Waals surface area (Å²) in [6.45, 7) is 3.73. The van der Waals surface area contributed by atoms with Crippen molar-refractivity contribution in [1.29, 1.82) is 0 Å². The number of aromatic nitrogens is 1. The number of ether oxygens (including phenoxy) is 2. The van der Waals surface area contributed by atoms with Crippen molar-refractivity contribution < 1.29 is 19.1 Å². The van der Waals surface area contributed by atoms with E-state index in [9.17, 15) is 9.59 Å². The number of rotatable bonds is 6. The van der Waals surface area contributed by atoms with Crippen LogP contribution in [0.1, 0.15) is 38.9 Å². The molecular weight excluding hydrogens is 402 g/mol. The lowest BCUT2D eigenvalue weighted by molar-refractivity contribution is 0.0443. The van der Waals surface area contributed by atoms with Crippen molar-refractivity contribution in [3.05, 3.63) is 101 Å². The van der Waals surface area contributed by atoms with Gasteiger partial charge in [0.1, 0.15) is 6.61 Å². The van der Waals surface area contributed by atoms with Gasteiger partial charge in [0.05, 0.1) is 29.1 Å². The number of benzene rings is 3. The van der Waals surface area contributed by atoms with Gasteiger partial charge in [-0.25, -0.2) is 9.59 Å². The number of pyridine rings is 1. The van der Waals surface area contributed by atoms with Crippen LogP contribution in [-0.4, -0.2) is 23.5 Å². The molecule has 0 unspecified atom stereocenters. The Morgan fingerprint density at radius 3 is 2.28 bits per heavy atom. The van der Waals surface area contributed by atoms with Gasteiger partial charge in [-0.3, -0.25) is 4.98 Å². The summed E-state index contributed by atoms with van der Waals surface area (Å²) in [6.07, 6.45) is 0. The highest BCUT2D eigenvalue weighted by atomic mass is 16.5. The third-order valence-electron chi connectivity index (χ3n) is 5.16. The van der Waals surface area contributed by atoms with Crippen LogP contribution < -0.4 is 0 Å². The van der Waals surface area contributed by atoms with E-state index in [0.29, 0.717) is 11.4 Å². The molecule has 0 amide bonds. The number of hydrogen-bond acceptors (Lipinski definition) is 5. The zero-order chi connectivity index (χ0) is 22.5. The molecule has 0 N–H and O–H groups in total. The van der Waals surface area contributed by atoms with E-state index in [4.69, 9.17) is 9.47 Å².